The Kier molecular flexibility index (Phi) is 12.9. The standard InChI is InChI=1S/C20H35NO/c1-2-3-4-5-6-7-8-9-10-14-17-21-18-19-22-20-15-12-11-13-16-20/h11-13,15-16,21H,2-10,14,17-19H2,1H3. The summed E-state index contributed by atoms with van der Waals surface area (Å²) in [5, 5.41) is 3.46. The zero-order chi connectivity index (χ0) is 15.7. The van der Waals surface area contributed by atoms with Gasteiger partial charge >= 0.3 is 0 Å². The lowest BCUT2D eigenvalue weighted by Gasteiger charge is -2.07. The second-order valence-corrected chi connectivity index (χ2v) is 6.09. The average molecular weight is 306 g/mol. The highest BCUT2D eigenvalue weighted by molar-refractivity contribution is 5.20. The van der Waals surface area contributed by atoms with E-state index in [0.717, 1.165) is 25.4 Å². The Hall–Kier alpha value is -1.02. The molecule has 1 aromatic carbocycles. The van der Waals surface area contributed by atoms with Gasteiger partial charge in [0.25, 0.3) is 0 Å². The summed E-state index contributed by atoms with van der Waals surface area (Å²) in [6, 6.07) is 10.0. The molecule has 0 aromatic heterocycles. The van der Waals surface area contributed by atoms with Gasteiger partial charge in [-0.25, -0.2) is 0 Å². The van der Waals surface area contributed by atoms with Crippen LogP contribution in [0.15, 0.2) is 30.3 Å². The first-order chi connectivity index (χ1) is 10.9. The van der Waals surface area contributed by atoms with E-state index in [9.17, 15) is 0 Å². The van der Waals surface area contributed by atoms with Crippen LogP contribution in [0.1, 0.15) is 71.1 Å². The van der Waals surface area contributed by atoms with E-state index in [1.165, 1.54) is 64.2 Å². The largest absolute Gasteiger partial charge is 0.492 e. The van der Waals surface area contributed by atoms with E-state index in [1.54, 1.807) is 0 Å². The predicted octanol–water partition coefficient (Wildman–Crippen LogP) is 5.58. The topological polar surface area (TPSA) is 21.3 Å². The summed E-state index contributed by atoms with van der Waals surface area (Å²) in [5.74, 6) is 0.961. The van der Waals surface area contributed by atoms with E-state index in [-0.39, 0.29) is 0 Å². The third kappa shape index (κ3) is 11.6. The normalized spacial score (nSPS) is 10.8. The molecule has 0 saturated heterocycles. The van der Waals surface area contributed by atoms with Gasteiger partial charge in [-0.15, -0.1) is 0 Å². The lowest BCUT2D eigenvalue weighted by molar-refractivity contribution is 0.313. The summed E-state index contributed by atoms with van der Waals surface area (Å²) in [5.41, 5.74) is 0. The van der Waals surface area contributed by atoms with E-state index in [1.807, 2.05) is 30.3 Å². The minimum Gasteiger partial charge on any atom is -0.492 e. The Labute approximate surface area is 137 Å². The molecule has 1 rings (SSSR count). The number of ether oxygens (including phenoxy) is 1. The van der Waals surface area contributed by atoms with Crippen LogP contribution in [-0.2, 0) is 0 Å². The van der Waals surface area contributed by atoms with Crippen molar-refractivity contribution >= 4 is 0 Å². The van der Waals surface area contributed by atoms with Crippen molar-refractivity contribution in [2.75, 3.05) is 19.7 Å². The molecule has 0 amide bonds. The first-order valence-corrected chi connectivity index (χ1v) is 9.32. The lowest BCUT2D eigenvalue weighted by atomic mass is 10.1. The second kappa shape index (κ2) is 14.9. The number of benzene rings is 1. The van der Waals surface area contributed by atoms with Crippen LogP contribution in [-0.4, -0.2) is 19.7 Å². The van der Waals surface area contributed by atoms with Crippen LogP contribution in [0, 0.1) is 0 Å². The third-order valence-electron chi connectivity index (χ3n) is 4.00. The highest BCUT2D eigenvalue weighted by Gasteiger charge is 1.94. The Bertz CT molecular complexity index is 326. The molecule has 0 heterocycles. The fraction of sp³-hybridized carbons (Fsp3) is 0.700. The molecule has 0 spiro atoms. The van der Waals surface area contributed by atoms with Gasteiger partial charge in [-0.2, -0.15) is 0 Å². The summed E-state index contributed by atoms with van der Waals surface area (Å²) < 4.78 is 5.64. The van der Waals surface area contributed by atoms with Crippen molar-refractivity contribution in [3.8, 4) is 5.75 Å². The highest BCUT2D eigenvalue weighted by atomic mass is 16.5. The maximum atomic E-state index is 5.64. The zero-order valence-electron chi connectivity index (χ0n) is 14.5. The average Bonchev–Trinajstić information content (AvgIpc) is 2.56. The Balaban J connectivity index is 1.73. The molecular formula is C20H35NO. The smallest absolute Gasteiger partial charge is 0.119 e. The van der Waals surface area contributed by atoms with Crippen molar-refractivity contribution in [2.45, 2.75) is 71.1 Å². The van der Waals surface area contributed by atoms with E-state index in [0.29, 0.717) is 0 Å². The maximum absolute atomic E-state index is 5.64. The Morgan fingerprint density at radius 3 is 1.95 bits per heavy atom. The van der Waals surface area contributed by atoms with E-state index >= 15 is 0 Å². The molecule has 0 fully saturated rings. The molecule has 0 aliphatic carbocycles. The van der Waals surface area contributed by atoms with Gasteiger partial charge in [0.1, 0.15) is 12.4 Å². The van der Waals surface area contributed by atoms with Gasteiger partial charge in [0.2, 0.25) is 0 Å². The molecule has 0 saturated carbocycles. The highest BCUT2D eigenvalue weighted by Crippen LogP contribution is 2.10. The summed E-state index contributed by atoms with van der Waals surface area (Å²) >= 11 is 0. The molecule has 0 aliphatic heterocycles. The molecule has 22 heavy (non-hydrogen) atoms. The predicted molar refractivity (Wildman–Crippen MR) is 96.7 cm³/mol. The molecular weight excluding hydrogens is 270 g/mol. The molecule has 1 N–H and O–H groups in total. The fourth-order valence-electron chi connectivity index (χ4n) is 2.62. The van der Waals surface area contributed by atoms with Crippen molar-refractivity contribution < 1.29 is 4.74 Å². The fourth-order valence-corrected chi connectivity index (χ4v) is 2.62. The molecule has 0 bridgehead atoms. The summed E-state index contributed by atoms with van der Waals surface area (Å²) in [7, 11) is 0. The van der Waals surface area contributed by atoms with Crippen molar-refractivity contribution in [3.05, 3.63) is 30.3 Å². The van der Waals surface area contributed by atoms with Crippen LogP contribution in [0.3, 0.4) is 0 Å². The number of para-hydroxylation sites is 1. The minimum absolute atomic E-state index is 0.752. The zero-order valence-corrected chi connectivity index (χ0v) is 14.5. The van der Waals surface area contributed by atoms with Crippen molar-refractivity contribution in [2.24, 2.45) is 0 Å². The van der Waals surface area contributed by atoms with Crippen LogP contribution in [0.4, 0.5) is 0 Å². The lowest BCUT2D eigenvalue weighted by Crippen LogP contribution is -2.22. The Morgan fingerprint density at radius 1 is 0.727 bits per heavy atom. The van der Waals surface area contributed by atoms with E-state index in [2.05, 4.69) is 12.2 Å². The SMILES string of the molecule is CCCCCCCCCCCCNCCOc1ccccc1. The number of rotatable bonds is 15. The van der Waals surface area contributed by atoms with Crippen LogP contribution < -0.4 is 10.1 Å². The molecule has 0 unspecified atom stereocenters. The first kappa shape index (κ1) is 19.0. The quantitative estimate of drug-likeness (QED) is 0.427. The second-order valence-electron chi connectivity index (χ2n) is 6.09. The van der Waals surface area contributed by atoms with Gasteiger partial charge in [0.05, 0.1) is 0 Å². The van der Waals surface area contributed by atoms with Gasteiger partial charge in [-0.3, -0.25) is 0 Å². The number of hydrogen-bond acceptors (Lipinski definition) is 2. The van der Waals surface area contributed by atoms with Crippen LogP contribution in [0.5, 0.6) is 5.75 Å². The maximum Gasteiger partial charge on any atom is 0.119 e. The van der Waals surface area contributed by atoms with E-state index < -0.39 is 0 Å². The summed E-state index contributed by atoms with van der Waals surface area (Å²) in [6.45, 7) is 5.09. The molecule has 2 nitrogen and oxygen atoms in total. The Morgan fingerprint density at radius 2 is 1.32 bits per heavy atom. The summed E-state index contributed by atoms with van der Waals surface area (Å²) in [6.07, 6.45) is 14.0. The van der Waals surface area contributed by atoms with Crippen LogP contribution >= 0.6 is 0 Å². The molecule has 0 aliphatic rings. The molecule has 1 aromatic rings. The summed E-state index contributed by atoms with van der Waals surface area (Å²) in [4.78, 5) is 0. The first-order valence-electron chi connectivity index (χ1n) is 9.32. The third-order valence-corrected chi connectivity index (χ3v) is 4.00. The monoisotopic (exact) mass is 305 g/mol. The number of unbranched alkanes of at least 4 members (excludes halogenated alkanes) is 9. The number of hydrogen-bond donors (Lipinski definition) is 1. The van der Waals surface area contributed by atoms with Crippen molar-refractivity contribution in [1.82, 2.24) is 5.32 Å². The van der Waals surface area contributed by atoms with E-state index in [4.69, 9.17) is 4.74 Å². The van der Waals surface area contributed by atoms with Gasteiger partial charge < -0.3 is 10.1 Å². The molecule has 126 valence electrons. The molecule has 0 atom stereocenters. The van der Waals surface area contributed by atoms with Crippen LogP contribution in [0.2, 0.25) is 0 Å². The molecule has 0 radical (unpaired) electrons. The van der Waals surface area contributed by atoms with Crippen molar-refractivity contribution in [3.63, 3.8) is 0 Å². The number of nitrogens with one attached hydrogen (secondary N) is 1. The minimum atomic E-state index is 0.752. The van der Waals surface area contributed by atoms with Crippen molar-refractivity contribution in [1.29, 1.82) is 0 Å². The molecule has 2 heteroatoms. The van der Waals surface area contributed by atoms with Gasteiger partial charge in [0.15, 0.2) is 0 Å². The van der Waals surface area contributed by atoms with Gasteiger partial charge in [0, 0.05) is 6.54 Å². The van der Waals surface area contributed by atoms with Crippen LogP contribution in [0.25, 0.3) is 0 Å². The van der Waals surface area contributed by atoms with Gasteiger partial charge in [-0.05, 0) is 25.1 Å². The van der Waals surface area contributed by atoms with Gasteiger partial charge in [-0.1, -0.05) is 82.9 Å².